The van der Waals surface area contributed by atoms with Crippen LogP contribution in [0.25, 0.3) is 11.4 Å². The van der Waals surface area contributed by atoms with Gasteiger partial charge in [0.1, 0.15) is 17.5 Å². The predicted octanol–water partition coefficient (Wildman–Crippen LogP) is 3.38. The summed E-state index contributed by atoms with van der Waals surface area (Å²) in [5, 5.41) is 8.70. The second-order valence-corrected chi connectivity index (χ2v) is 4.71. The summed E-state index contributed by atoms with van der Waals surface area (Å²) in [6.45, 7) is 0. The minimum absolute atomic E-state index is 0.0134. The van der Waals surface area contributed by atoms with Gasteiger partial charge < -0.3 is 5.73 Å². The van der Waals surface area contributed by atoms with Crippen molar-refractivity contribution < 1.29 is 13.2 Å². The fraction of sp³-hybridized carbons (Fsp3) is 0.0833. The van der Waals surface area contributed by atoms with Crippen LogP contribution in [0, 0.1) is 11.3 Å². The molecule has 0 amide bonds. The molecule has 2 N–H and O–H groups in total. The third-order valence-electron chi connectivity index (χ3n) is 2.47. The number of hydrogen-bond acceptors (Lipinski definition) is 4. The van der Waals surface area contributed by atoms with Gasteiger partial charge in [-0.05, 0) is 18.2 Å². The predicted molar refractivity (Wildman–Crippen MR) is 69.3 cm³/mol. The number of nitriles is 1. The Morgan fingerprint density at radius 2 is 2.00 bits per heavy atom. The van der Waals surface area contributed by atoms with E-state index in [1.54, 1.807) is 6.07 Å². The fourth-order valence-electron chi connectivity index (χ4n) is 1.56. The van der Waals surface area contributed by atoms with Crippen LogP contribution in [-0.4, -0.2) is 9.97 Å². The monoisotopic (exact) mass is 342 g/mol. The molecular weight excluding hydrogens is 337 g/mol. The molecule has 0 radical (unpaired) electrons. The first-order valence-electron chi connectivity index (χ1n) is 5.22. The zero-order chi connectivity index (χ0) is 14.9. The van der Waals surface area contributed by atoms with Gasteiger partial charge in [-0.15, -0.1) is 0 Å². The molecule has 0 saturated carbocycles. The summed E-state index contributed by atoms with van der Waals surface area (Å²) in [5.41, 5.74) is 4.43. The van der Waals surface area contributed by atoms with Crippen LogP contribution < -0.4 is 5.73 Å². The number of halogens is 4. The second kappa shape index (κ2) is 5.09. The Bertz CT molecular complexity index is 707. The van der Waals surface area contributed by atoms with E-state index in [1.165, 1.54) is 12.1 Å². The lowest BCUT2D eigenvalue weighted by molar-refractivity contribution is -0.137. The van der Waals surface area contributed by atoms with Gasteiger partial charge in [0.05, 0.1) is 11.8 Å². The molecule has 4 nitrogen and oxygen atoms in total. The normalized spacial score (nSPS) is 11.2. The van der Waals surface area contributed by atoms with Crippen molar-refractivity contribution in [3.8, 4) is 17.5 Å². The summed E-state index contributed by atoms with van der Waals surface area (Å²) in [4.78, 5) is 7.50. The average Bonchev–Trinajstić information content (AvgIpc) is 2.37. The molecule has 0 aliphatic heterocycles. The van der Waals surface area contributed by atoms with E-state index >= 15 is 0 Å². The molecule has 2 rings (SSSR count). The summed E-state index contributed by atoms with van der Waals surface area (Å²) in [7, 11) is 0. The number of anilines is 1. The lowest BCUT2D eigenvalue weighted by Crippen LogP contribution is -2.09. The summed E-state index contributed by atoms with van der Waals surface area (Å²) < 4.78 is 39.3. The van der Waals surface area contributed by atoms with Gasteiger partial charge in [0.25, 0.3) is 0 Å². The van der Waals surface area contributed by atoms with Gasteiger partial charge in [0.2, 0.25) is 0 Å². The highest BCUT2D eigenvalue weighted by Crippen LogP contribution is 2.37. The van der Waals surface area contributed by atoms with Crippen molar-refractivity contribution in [3.05, 3.63) is 40.0 Å². The Hall–Kier alpha value is -2.14. The minimum Gasteiger partial charge on any atom is -0.382 e. The van der Waals surface area contributed by atoms with Crippen LogP contribution in [0.4, 0.5) is 19.0 Å². The highest BCUT2D eigenvalue weighted by molar-refractivity contribution is 9.10. The maximum Gasteiger partial charge on any atom is 0.417 e. The number of aromatic nitrogens is 2. The fourth-order valence-corrected chi connectivity index (χ4v) is 1.92. The number of nitrogens with zero attached hydrogens (tertiary/aromatic N) is 3. The number of nitrogens with two attached hydrogens (primary N) is 1. The van der Waals surface area contributed by atoms with Crippen LogP contribution in [0.2, 0.25) is 0 Å². The van der Waals surface area contributed by atoms with Crippen molar-refractivity contribution in [1.29, 1.82) is 5.26 Å². The van der Waals surface area contributed by atoms with Crippen LogP contribution in [0.3, 0.4) is 0 Å². The first-order valence-corrected chi connectivity index (χ1v) is 6.02. The standard InChI is InChI=1S/C12H6BrF3N4/c13-7-1-2-8(9(3-7)12(14,15)16)11-19-5-6(4-17)10(18)20-11/h1-3,5H,(H2,18,19,20). The lowest BCUT2D eigenvalue weighted by Gasteiger charge is -2.12. The van der Waals surface area contributed by atoms with Crippen molar-refractivity contribution in [3.63, 3.8) is 0 Å². The molecule has 0 atom stereocenters. The first-order chi connectivity index (χ1) is 9.32. The quantitative estimate of drug-likeness (QED) is 0.861. The molecule has 0 bridgehead atoms. The zero-order valence-electron chi connectivity index (χ0n) is 9.74. The SMILES string of the molecule is N#Cc1cnc(-c2ccc(Br)cc2C(F)(F)F)nc1N. The van der Waals surface area contributed by atoms with Crippen molar-refractivity contribution >= 4 is 21.7 Å². The molecule has 0 fully saturated rings. The Morgan fingerprint density at radius 3 is 2.55 bits per heavy atom. The molecule has 1 aromatic heterocycles. The van der Waals surface area contributed by atoms with Crippen molar-refractivity contribution in [2.75, 3.05) is 5.73 Å². The number of rotatable bonds is 1. The van der Waals surface area contributed by atoms with E-state index in [-0.39, 0.29) is 27.2 Å². The Kier molecular flexibility index (Phi) is 3.63. The molecule has 8 heteroatoms. The Balaban J connectivity index is 2.65. The van der Waals surface area contributed by atoms with Crippen LogP contribution >= 0.6 is 15.9 Å². The van der Waals surface area contributed by atoms with E-state index in [0.717, 1.165) is 12.3 Å². The first kappa shape index (κ1) is 14.3. The molecule has 0 aliphatic rings. The van der Waals surface area contributed by atoms with Gasteiger partial charge >= 0.3 is 6.18 Å². The van der Waals surface area contributed by atoms with Crippen molar-refractivity contribution in [2.24, 2.45) is 0 Å². The van der Waals surface area contributed by atoms with Gasteiger partial charge in [0.15, 0.2) is 5.82 Å². The number of nitrogen functional groups attached to an aromatic ring is 1. The maximum absolute atomic E-state index is 13.0. The van der Waals surface area contributed by atoms with Crippen LogP contribution in [0.5, 0.6) is 0 Å². The van der Waals surface area contributed by atoms with Gasteiger partial charge in [-0.1, -0.05) is 15.9 Å². The van der Waals surface area contributed by atoms with Crippen LogP contribution in [0.1, 0.15) is 11.1 Å². The number of hydrogen-bond donors (Lipinski definition) is 1. The third kappa shape index (κ3) is 2.72. The van der Waals surface area contributed by atoms with E-state index in [1.807, 2.05) is 0 Å². The molecule has 102 valence electrons. The molecule has 0 aliphatic carbocycles. The zero-order valence-corrected chi connectivity index (χ0v) is 11.3. The van der Waals surface area contributed by atoms with E-state index in [9.17, 15) is 13.2 Å². The smallest absolute Gasteiger partial charge is 0.382 e. The average molecular weight is 343 g/mol. The Labute approximate surface area is 120 Å². The summed E-state index contributed by atoms with van der Waals surface area (Å²) in [6.07, 6.45) is -3.45. The molecular formula is C12H6BrF3N4. The molecule has 1 heterocycles. The van der Waals surface area contributed by atoms with E-state index in [0.29, 0.717) is 0 Å². The molecule has 0 saturated heterocycles. The highest BCUT2D eigenvalue weighted by atomic mass is 79.9. The van der Waals surface area contributed by atoms with E-state index in [4.69, 9.17) is 11.0 Å². The third-order valence-corrected chi connectivity index (χ3v) is 2.96. The van der Waals surface area contributed by atoms with Crippen LogP contribution in [0.15, 0.2) is 28.9 Å². The van der Waals surface area contributed by atoms with Gasteiger partial charge in [-0.3, -0.25) is 0 Å². The molecule has 2 aromatic rings. The molecule has 20 heavy (non-hydrogen) atoms. The minimum atomic E-state index is -4.55. The maximum atomic E-state index is 13.0. The number of benzene rings is 1. The van der Waals surface area contributed by atoms with Crippen LogP contribution in [-0.2, 0) is 6.18 Å². The summed E-state index contributed by atoms with van der Waals surface area (Å²) in [5.74, 6) is -0.338. The van der Waals surface area contributed by atoms with E-state index in [2.05, 4.69) is 25.9 Å². The van der Waals surface area contributed by atoms with Crippen molar-refractivity contribution in [2.45, 2.75) is 6.18 Å². The molecule has 0 spiro atoms. The topological polar surface area (TPSA) is 75.6 Å². The highest BCUT2D eigenvalue weighted by Gasteiger charge is 2.34. The largest absolute Gasteiger partial charge is 0.417 e. The van der Waals surface area contributed by atoms with E-state index < -0.39 is 11.7 Å². The lowest BCUT2D eigenvalue weighted by atomic mass is 10.1. The summed E-state index contributed by atoms with van der Waals surface area (Å²) >= 11 is 2.99. The van der Waals surface area contributed by atoms with Crippen molar-refractivity contribution in [1.82, 2.24) is 9.97 Å². The van der Waals surface area contributed by atoms with Gasteiger partial charge in [0, 0.05) is 10.0 Å². The number of alkyl halides is 3. The molecule has 0 unspecified atom stereocenters. The Morgan fingerprint density at radius 1 is 1.30 bits per heavy atom. The second-order valence-electron chi connectivity index (χ2n) is 3.79. The molecule has 1 aromatic carbocycles. The van der Waals surface area contributed by atoms with Gasteiger partial charge in [-0.2, -0.15) is 18.4 Å². The van der Waals surface area contributed by atoms with Gasteiger partial charge in [-0.25, -0.2) is 9.97 Å². The summed E-state index contributed by atoms with van der Waals surface area (Å²) in [6, 6.07) is 5.38.